The second-order valence-corrected chi connectivity index (χ2v) is 8.89. The fourth-order valence-corrected chi connectivity index (χ4v) is 5.16. The van der Waals surface area contributed by atoms with Crippen LogP contribution in [0.4, 0.5) is 17.1 Å². The van der Waals surface area contributed by atoms with E-state index in [0.29, 0.717) is 6.54 Å². The van der Waals surface area contributed by atoms with E-state index in [1.165, 1.54) is 21.2 Å². The molecule has 0 amide bonds. The number of fused-ring (bicyclic) bond motifs is 2. The highest BCUT2D eigenvalue weighted by Gasteiger charge is 2.23. The highest BCUT2D eigenvalue weighted by Crippen LogP contribution is 2.48. The minimum atomic E-state index is 0.643. The van der Waals surface area contributed by atoms with Crippen molar-refractivity contribution in [3.05, 3.63) is 77.8 Å². The molecule has 0 radical (unpaired) electrons. The van der Waals surface area contributed by atoms with Gasteiger partial charge in [-0.25, -0.2) is 0 Å². The third-order valence-corrected chi connectivity index (χ3v) is 6.83. The molecule has 0 aliphatic carbocycles. The maximum atomic E-state index is 6.30. The van der Waals surface area contributed by atoms with Crippen molar-refractivity contribution in [1.82, 2.24) is 4.90 Å². The molecular formula is C25H22ClN3S. The van der Waals surface area contributed by atoms with Crippen molar-refractivity contribution < 1.29 is 0 Å². The fourth-order valence-electron chi connectivity index (χ4n) is 3.91. The van der Waals surface area contributed by atoms with Crippen LogP contribution in [0.2, 0.25) is 5.02 Å². The van der Waals surface area contributed by atoms with Crippen LogP contribution in [0.25, 0.3) is 0 Å². The zero-order valence-corrected chi connectivity index (χ0v) is 18.2. The maximum absolute atomic E-state index is 6.30. The summed E-state index contributed by atoms with van der Waals surface area (Å²) in [5.74, 6) is 3.41. The minimum absolute atomic E-state index is 0.643. The highest BCUT2D eigenvalue weighted by molar-refractivity contribution is 7.99. The second-order valence-electron chi connectivity index (χ2n) is 7.37. The summed E-state index contributed by atoms with van der Waals surface area (Å²) in [5.41, 5.74) is 3.62. The van der Waals surface area contributed by atoms with Crippen LogP contribution in [0.15, 0.2) is 82.6 Å². The van der Waals surface area contributed by atoms with Gasteiger partial charge in [-0.15, -0.1) is 0 Å². The van der Waals surface area contributed by atoms with Crippen LogP contribution in [0.5, 0.6) is 0 Å². The first-order valence-corrected chi connectivity index (χ1v) is 11.3. The lowest BCUT2D eigenvalue weighted by Crippen LogP contribution is -2.44. The minimum Gasteiger partial charge on any atom is -0.368 e. The van der Waals surface area contributed by atoms with Gasteiger partial charge in [0, 0.05) is 52.7 Å². The lowest BCUT2D eigenvalue weighted by atomic mass is 10.2. The Hall–Kier alpha value is -2.74. The standard InChI is InChI=1S/C25H22ClN3S/c26-20-11-12-25-23(19-20)29(22-9-4-5-10-24(22)30-25)14-6-13-27-15-17-28(18-16-27)21-7-2-1-3-8-21/h1-5,7-12,19H,14-18H2. The van der Waals surface area contributed by atoms with Gasteiger partial charge in [0.05, 0.1) is 17.9 Å². The van der Waals surface area contributed by atoms with Crippen LogP contribution in [-0.2, 0) is 0 Å². The topological polar surface area (TPSA) is 9.72 Å². The molecule has 2 heterocycles. The predicted molar refractivity (Wildman–Crippen MR) is 127 cm³/mol. The van der Waals surface area contributed by atoms with Gasteiger partial charge in [-0.05, 0) is 42.5 Å². The van der Waals surface area contributed by atoms with Crippen molar-refractivity contribution in [3.63, 3.8) is 0 Å². The van der Waals surface area contributed by atoms with Gasteiger partial charge in [0.2, 0.25) is 0 Å². The van der Waals surface area contributed by atoms with E-state index in [9.17, 15) is 0 Å². The molecule has 30 heavy (non-hydrogen) atoms. The number of nitrogens with zero attached hydrogens (tertiary/aromatic N) is 3. The monoisotopic (exact) mass is 431 g/mol. The van der Waals surface area contributed by atoms with Crippen LogP contribution < -0.4 is 9.80 Å². The van der Waals surface area contributed by atoms with Crippen molar-refractivity contribution in [1.29, 1.82) is 0 Å². The maximum Gasteiger partial charge on any atom is 0.0862 e. The lowest BCUT2D eigenvalue weighted by molar-refractivity contribution is 0.368. The Bertz CT molecular complexity index is 1100. The average molecular weight is 432 g/mol. The van der Waals surface area contributed by atoms with E-state index < -0.39 is 0 Å². The van der Waals surface area contributed by atoms with Gasteiger partial charge in [-0.1, -0.05) is 59.6 Å². The van der Waals surface area contributed by atoms with E-state index in [1.54, 1.807) is 11.8 Å². The third kappa shape index (κ3) is 3.96. The Labute approximate surface area is 187 Å². The fraction of sp³-hybridized carbons (Fsp3) is 0.200. The molecule has 5 rings (SSSR count). The van der Waals surface area contributed by atoms with Crippen LogP contribution in [0.3, 0.4) is 0 Å². The van der Waals surface area contributed by atoms with E-state index in [0.717, 1.165) is 36.9 Å². The van der Waals surface area contributed by atoms with Crippen LogP contribution in [0.1, 0.15) is 0 Å². The van der Waals surface area contributed by atoms with E-state index in [1.807, 2.05) is 12.1 Å². The molecule has 2 aliphatic heterocycles. The van der Waals surface area contributed by atoms with Gasteiger partial charge in [-0.2, -0.15) is 0 Å². The molecule has 0 bridgehead atoms. The van der Waals surface area contributed by atoms with Crippen molar-refractivity contribution >= 4 is 40.4 Å². The molecule has 0 aromatic heterocycles. The molecule has 1 saturated heterocycles. The normalized spacial score (nSPS) is 15.2. The molecule has 0 atom stereocenters. The van der Waals surface area contributed by atoms with Crippen molar-refractivity contribution in [2.75, 3.05) is 42.5 Å². The smallest absolute Gasteiger partial charge is 0.0862 e. The molecule has 3 aromatic carbocycles. The van der Waals surface area contributed by atoms with Gasteiger partial charge in [-0.3, -0.25) is 0 Å². The molecule has 0 saturated carbocycles. The summed E-state index contributed by atoms with van der Waals surface area (Å²) in [6, 6.07) is 28.6. The van der Waals surface area contributed by atoms with Crippen LogP contribution in [-0.4, -0.2) is 37.6 Å². The Kier molecular flexibility index (Phi) is 5.48. The summed E-state index contributed by atoms with van der Waals surface area (Å²) >= 11 is 8.09. The van der Waals surface area contributed by atoms with Crippen molar-refractivity contribution in [3.8, 4) is 12.0 Å². The lowest BCUT2D eigenvalue weighted by Gasteiger charge is -2.34. The van der Waals surface area contributed by atoms with Gasteiger partial charge in [0.1, 0.15) is 0 Å². The first kappa shape index (κ1) is 19.2. The summed E-state index contributed by atoms with van der Waals surface area (Å²) < 4.78 is 0. The number of hydrogen-bond acceptors (Lipinski definition) is 4. The Morgan fingerprint density at radius 3 is 2.37 bits per heavy atom. The zero-order chi connectivity index (χ0) is 20.3. The van der Waals surface area contributed by atoms with Crippen molar-refractivity contribution in [2.45, 2.75) is 9.79 Å². The number of rotatable bonds is 2. The Morgan fingerprint density at radius 2 is 1.53 bits per heavy atom. The van der Waals surface area contributed by atoms with Crippen LogP contribution in [0, 0.1) is 12.0 Å². The first-order valence-electron chi connectivity index (χ1n) is 10.2. The third-order valence-electron chi connectivity index (χ3n) is 5.46. The summed E-state index contributed by atoms with van der Waals surface area (Å²) in [7, 11) is 0. The average Bonchev–Trinajstić information content (AvgIpc) is 2.80. The van der Waals surface area contributed by atoms with Gasteiger partial charge in [0.15, 0.2) is 0 Å². The van der Waals surface area contributed by atoms with E-state index in [4.69, 9.17) is 11.6 Å². The SMILES string of the molecule is Clc1ccc2c(c1)N(CC#CN1CCN(c3ccccc3)CC1)c1ccccc1S2. The number of halogens is 1. The molecule has 3 nitrogen and oxygen atoms in total. The molecule has 0 N–H and O–H groups in total. The van der Waals surface area contributed by atoms with E-state index in [2.05, 4.69) is 87.3 Å². The van der Waals surface area contributed by atoms with Crippen LogP contribution >= 0.6 is 23.4 Å². The van der Waals surface area contributed by atoms with Crippen molar-refractivity contribution in [2.24, 2.45) is 0 Å². The number of piperazine rings is 1. The molecule has 150 valence electrons. The zero-order valence-electron chi connectivity index (χ0n) is 16.6. The number of hydrogen-bond donors (Lipinski definition) is 0. The number of para-hydroxylation sites is 2. The molecule has 0 spiro atoms. The summed E-state index contributed by atoms with van der Waals surface area (Å²) in [5, 5.41) is 0.753. The summed E-state index contributed by atoms with van der Waals surface area (Å²) in [4.78, 5) is 9.42. The Morgan fingerprint density at radius 1 is 0.800 bits per heavy atom. The van der Waals surface area contributed by atoms with E-state index in [-0.39, 0.29) is 0 Å². The van der Waals surface area contributed by atoms with Gasteiger partial charge < -0.3 is 14.7 Å². The van der Waals surface area contributed by atoms with Gasteiger partial charge in [0.25, 0.3) is 0 Å². The number of anilines is 3. The molecule has 1 fully saturated rings. The summed E-state index contributed by atoms with van der Waals surface area (Å²) in [6.45, 7) is 4.55. The molecule has 2 aliphatic rings. The quantitative estimate of drug-likeness (QED) is 0.479. The predicted octanol–water partition coefficient (Wildman–Crippen LogP) is 5.73. The van der Waals surface area contributed by atoms with Gasteiger partial charge >= 0.3 is 0 Å². The number of benzene rings is 3. The molecular weight excluding hydrogens is 410 g/mol. The second kappa shape index (κ2) is 8.55. The summed E-state index contributed by atoms with van der Waals surface area (Å²) in [6.07, 6.45) is 0. The molecule has 0 unspecified atom stereocenters. The molecule has 5 heteroatoms. The Balaban J connectivity index is 1.30. The molecule has 3 aromatic rings. The largest absolute Gasteiger partial charge is 0.368 e. The highest BCUT2D eigenvalue weighted by atomic mass is 35.5. The first-order chi connectivity index (χ1) is 14.8. The van der Waals surface area contributed by atoms with E-state index >= 15 is 0 Å².